The van der Waals surface area contributed by atoms with Crippen LogP contribution in [0.15, 0.2) is 30.5 Å². The van der Waals surface area contributed by atoms with Gasteiger partial charge in [-0.2, -0.15) is 0 Å². The number of nitrogens with zero attached hydrogens (tertiary/aromatic N) is 3. The monoisotopic (exact) mass is 436 g/mol. The molecule has 1 aromatic carbocycles. The number of aromatic nitrogens is 1. The Balaban J connectivity index is 1.28. The SMILES string of the molecule is CC1(C)CC2(CCCN(C3CCN(C(=O)c4c(N)ncc5ccccc45)CC3)C2)C(=O)O1. The van der Waals surface area contributed by atoms with Gasteiger partial charge in [0, 0.05) is 43.7 Å². The molecule has 4 heterocycles. The van der Waals surface area contributed by atoms with Crippen LogP contribution in [-0.2, 0) is 9.53 Å². The minimum absolute atomic E-state index is 0.0289. The van der Waals surface area contributed by atoms with Crippen LogP contribution in [0.25, 0.3) is 10.8 Å². The van der Waals surface area contributed by atoms with Crippen molar-refractivity contribution in [2.45, 2.75) is 57.6 Å². The van der Waals surface area contributed by atoms with E-state index >= 15 is 0 Å². The van der Waals surface area contributed by atoms with Crippen LogP contribution in [0.3, 0.4) is 0 Å². The maximum Gasteiger partial charge on any atom is 0.314 e. The molecule has 7 nitrogen and oxygen atoms in total. The zero-order valence-corrected chi connectivity index (χ0v) is 19.0. The van der Waals surface area contributed by atoms with E-state index in [4.69, 9.17) is 10.5 Å². The summed E-state index contributed by atoms with van der Waals surface area (Å²) in [6.07, 6.45) is 6.24. The van der Waals surface area contributed by atoms with Gasteiger partial charge < -0.3 is 15.4 Å². The van der Waals surface area contributed by atoms with Crippen molar-refractivity contribution in [3.63, 3.8) is 0 Å². The first-order valence-corrected chi connectivity index (χ1v) is 11.7. The first-order valence-electron chi connectivity index (χ1n) is 11.7. The lowest BCUT2D eigenvalue weighted by atomic mass is 9.74. The van der Waals surface area contributed by atoms with Crippen molar-refractivity contribution in [1.82, 2.24) is 14.8 Å². The van der Waals surface area contributed by atoms with E-state index in [1.165, 1.54) is 0 Å². The number of nitrogen functional groups attached to an aromatic ring is 1. The van der Waals surface area contributed by atoms with Gasteiger partial charge in [-0.25, -0.2) is 4.98 Å². The van der Waals surface area contributed by atoms with E-state index in [1.807, 2.05) is 43.0 Å². The molecular formula is C25H32N4O3. The van der Waals surface area contributed by atoms with Crippen molar-refractivity contribution in [1.29, 1.82) is 0 Å². The summed E-state index contributed by atoms with van der Waals surface area (Å²) in [5.41, 5.74) is 5.90. The van der Waals surface area contributed by atoms with Crippen molar-refractivity contribution in [2.24, 2.45) is 5.41 Å². The fourth-order valence-electron chi connectivity index (χ4n) is 6.07. The lowest BCUT2D eigenvalue weighted by Crippen LogP contribution is -2.53. The van der Waals surface area contributed by atoms with E-state index in [9.17, 15) is 9.59 Å². The second-order valence-corrected chi connectivity index (χ2v) is 10.3. The lowest BCUT2D eigenvalue weighted by molar-refractivity contribution is -0.154. The average molecular weight is 437 g/mol. The zero-order valence-electron chi connectivity index (χ0n) is 19.0. The molecule has 5 rings (SSSR count). The Morgan fingerprint density at radius 1 is 1.19 bits per heavy atom. The normalized spacial score (nSPS) is 26.6. The molecule has 1 atom stereocenters. The van der Waals surface area contributed by atoms with Crippen LogP contribution in [0.4, 0.5) is 5.82 Å². The number of rotatable bonds is 2. The van der Waals surface area contributed by atoms with Crippen molar-refractivity contribution in [3.8, 4) is 0 Å². The highest BCUT2D eigenvalue weighted by Gasteiger charge is 2.54. The molecule has 3 aliphatic heterocycles. The number of carbonyl (C=O) groups is 2. The van der Waals surface area contributed by atoms with Crippen LogP contribution in [0, 0.1) is 5.41 Å². The summed E-state index contributed by atoms with van der Waals surface area (Å²) in [6.45, 7) is 7.17. The van der Waals surface area contributed by atoms with E-state index in [0.717, 1.165) is 56.0 Å². The first-order chi connectivity index (χ1) is 15.3. The molecule has 2 N–H and O–H groups in total. The summed E-state index contributed by atoms with van der Waals surface area (Å²) in [7, 11) is 0. The van der Waals surface area contributed by atoms with Crippen LogP contribution in [0.5, 0.6) is 0 Å². The van der Waals surface area contributed by atoms with Gasteiger partial charge in [0.05, 0.1) is 11.0 Å². The number of esters is 1. The number of pyridine rings is 1. The van der Waals surface area contributed by atoms with Crippen molar-refractivity contribution in [2.75, 3.05) is 31.9 Å². The Morgan fingerprint density at radius 3 is 2.66 bits per heavy atom. The number of hydrogen-bond acceptors (Lipinski definition) is 6. The van der Waals surface area contributed by atoms with Gasteiger partial charge in [0.25, 0.3) is 5.91 Å². The topological polar surface area (TPSA) is 88.8 Å². The van der Waals surface area contributed by atoms with Gasteiger partial charge in [0.1, 0.15) is 11.4 Å². The van der Waals surface area contributed by atoms with Gasteiger partial charge in [-0.05, 0) is 51.5 Å². The molecule has 1 unspecified atom stereocenters. The molecule has 1 spiro atoms. The number of likely N-dealkylation sites (tertiary alicyclic amines) is 2. The predicted octanol–water partition coefficient (Wildman–Crippen LogP) is 3.23. The molecule has 170 valence electrons. The van der Waals surface area contributed by atoms with Crippen LogP contribution < -0.4 is 5.73 Å². The average Bonchev–Trinajstić information content (AvgIpc) is 3.00. The van der Waals surface area contributed by atoms with Crippen molar-refractivity contribution in [3.05, 3.63) is 36.0 Å². The number of benzene rings is 1. The van der Waals surface area contributed by atoms with E-state index in [2.05, 4.69) is 9.88 Å². The molecule has 0 radical (unpaired) electrons. The van der Waals surface area contributed by atoms with Crippen LogP contribution in [0.2, 0.25) is 0 Å². The largest absolute Gasteiger partial charge is 0.459 e. The fraction of sp³-hybridized carbons (Fsp3) is 0.560. The number of ether oxygens (including phenoxy) is 1. The molecule has 32 heavy (non-hydrogen) atoms. The van der Waals surface area contributed by atoms with Gasteiger partial charge in [0.2, 0.25) is 0 Å². The number of cyclic esters (lactones) is 1. The van der Waals surface area contributed by atoms with E-state index in [0.29, 0.717) is 24.7 Å². The summed E-state index contributed by atoms with van der Waals surface area (Å²) < 4.78 is 5.69. The molecular weight excluding hydrogens is 404 g/mol. The Labute approximate surface area is 188 Å². The minimum atomic E-state index is -0.373. The molecule has 0 aliphatic carbocycles. The maximum atomic E-state index is 13.4. The molecule has 3 fully saturated rings. The van der Waals surface area contributed by atoms with E-state index in [1.54, 1.807) is 6.20 Å². The van der Waals surface area contributed by atoms with Gasteiger partial charge >= 0.3 is 5.97 Å². The summed E-state index contributed by atoms with van der Waals surface area (Å²) in [6, 6.07) is 8.13. The Morgan fingerprint density at radius 2 is 1.94 bits per heavy atom. The highest BCUT2D eigenvalue weighted by atomic mass is 16.6. The molecule has 3 aliphatic rings. The third-order valence-corrected chi connectivity index (χ3v) is 7.48. The van der Waals surface area contributed by atoms with E-state index < -0.39 is 0 Å². The minimum Gasteiger partial charge on any atom is -0.459 e. The standard InChI is InChI=1S/C25H32N4O3/c1-24(2)15-25(23(31)32-24)10-5-11-29(16-25)18-8-12-28(13-9-18)22(30)20-19-7-4-3-6-17(19)14-27-21(20)26/h3-4,6-7,14,18H,5,8-13,15-16H2,1-2H3,(H2,26,27). The van der Waals surface area contributed by atoms with Crippen molar-refractivity contribution >= 4 is 28.5 Å². The number of carbonyl (C=O) groups excluding carboxylic acids is 2. The number of amides is 1. The molecule has 1 aromatic heterocycles. The summed E-state index contributed by atoms with van der Waals surface area (Å²) in [4.78, 5) is 34.7. The molecule has 1 amide bonds. The second kappa shape index (κ2) is 7.73. The molecule has 0 saturated carbocycles. The quantitative estimate of drug-likeness (QED) is 0.727. The highest BCUT2D eigenvalue weighted by Crippen LogP contribution is 2.46. The Bertz CT molecular complexity index is 1060. The highest BCUT2D eigenvalue weighted by molar-refractivity contribution is 6.10. The third-order valence-electron chi connectivity index (χ3n) is 7.48. The maximum absolute atomic E-state index is 13.4. The molecule has 0 bridgehead atoms. The van der Waals surface area contributed by atoms with Crippen LogP contribution in [0.1, 0.15) is 56.3 Å². The van der Waals surface area contributed by atoms with Crippen LogP contribution in [-0.4, -0.2) is 64.5 Å². The second-order valence-electron chi connectivity index (χ2n) is 10.3. The molecule has 7 heteroatoms. The van der Waals surface area contributed by atoms with Crippen LogP contribution >= 0.6 is 0 Å². The van der Waals surface area contributed by atoms with Gasteiger partial charge in [-0.3, -0.25) is 14.5 Å². The summed E-state index contributed by atoms with van der Waals surface area (Å²) >= 11 is 0. The van der Waals surface area contributed by atoms with Gasteiger partial charge in [-0.15, -0.1) is 0 Å². The number of anilines is 1. The van der Waals surface area contributed by atoms with E-state index in [-0.39, 0.29) is 28.7 Å². The number of nitrogens with two attached hydrogens (primary N) is 1. The number of piperidine rings is 2. The molecule has 2 aromatic rings. The lowest BCUT2D eigenvalue weighted by Gasteiger charge is -2.44. The zero-order chi connectivity index (χ0) is 22.5. The predicted molar refractivity (Wildman–Crippen MR) is 123 cm³/mol. The van der Waals surface area contributed by atoms with Gasteiger partial charge in [0.15, 0.2) is 0 Å². The summed E-state index contributed by atoms with van der Waals surface area (Å²) in [5, 5.41) is 1.78. The first kappa shape index (κ1) is 21.2. The number of hydrogen-bond donors (Lipinski definition) is 1. The smallest absolute Gasteiger partial charge is 0.314 e. The number of fused-ring (bicyclic) bond motifs is 1. The van der Waals surface area contributed by atoms with Gasteiger partial charge in [-0.1, -0.05) is 24.3 Å². The summed E-state index contributed by atoms with van der Waals surface area (Å²) in [5.74, 6) is 0.219. The Kier molecular flexibility index (Phi) is 5.12. The Hall–Kier alpha value is -2.67. The third kappa shape index (κ3) is 3.62. The fourth-order valence-corrected chi connectivity index (χ4v) is 6.07. The van der Waals surface area contributed by atoms with Crippen molar-refractivity contribution < 1.29 is 14.3 Å². The molecule has 3 saturated heterocycles.